The molecule has 0 saturated carbocycles. The first kappa shape index (κ1) is 11.9. The Bertz CT molecular complexity index is 571. The van der Waals surface area contributed by atoms with Crippen LogP contribution in [0.2, 0.25) is 0 Å². The molecule has 17 heavy (non-hydrogen) atoms. The minimum absolute atomic E-state index is 0.102. The quantitative estimate of drug-likeness (QED) is 0.736. The SMILES string of the molecule is CCc1ncc(S(=O)(=O)NCc2cc[nH]c2)[nH]1. The largest absolute Gasteiger partial charge is 0.367 e. The highest BCUT2D eigenvalue weighted by atomic mass is 32.2. The first-order valence-electron chi connectivity index (χ1n) is 5.27. The van der Waals surface area contributed by atoms with Crippen LogP contribution in [-0.4, -0.2) is 23.4 Å². The van der Waals surface area contributed by atoms with Crippen LogP contribution in [0, 0.1) is 0 Å². The van der Waals surface area contributed by atoms with Crippen molar-refractivity contribution >= 4 is 10.0 Å². The highest BCUT2D eigenvalue weighted by molar-refractivity contribution is 7.89. The fourth-order valence-electron chi connectivity index (χ4n) is 1.38. The van der Waals surface area contributed by atoms with Gasteiger partial charge in [-0.15, -0.1) is 0 Å². The number of sulfonamides is 1. The Kier molecular flexibility index (Phi) is 3.30. The number of H-pyrrole nitrogens is 2. The maximum atomic E-state index is 11.9. The molecule has 6 nitrogen and oxygen atoms in total. The molecule has 0 aliphatic rings. The molecule has 7 heteroatoms. The van der Waals surface area contributed by atoms with Gasteiger partial charge in [-0.05, 0) is 11.6 Å². The standard InChI is InChI=1S/C10H14N4O2S/c1-2-9-12-7-10(14-9)17(15,16)13-6-8-3-4-11-5-8/h3-5,7,11,13H,2,6H2,1H3,(H,12,14). The lowest BCUT2D eigenvalue weighted by Gasteiger charge is -2.02. The summed E-state index contributed by atoms with van der Waals surface area (Å²) in [5, 5.41) is 0.102. The smallest absolute Gasteiger partial charge is 0.257 e. The summed E-state index contributed by atoms with van der Waals surface area (Å²) in [5.41, 5.74) is 0.879. The van der Waals surface area contributed by atoms with Gasteiger partial charge in [0.15, 0.2) is 5.03 Å². The van der Waals surface area contributed by atoms with Crippen LogP contribution in [0.3, 0.4) is 0 Å². The molecule has 3 N–H and O–H groups in total. The molecule has 0 bridgehead atoms. The number of aryl methyl sites for hydroxylation is 1. The Morgan fingerprint density at radius 2 is 2.29 bits per heavy atom. The third kappa shape index (κ3) is 2.75. The van der Waals surface area contributed by atoms with Crippen molar-refractivity contribution in [2.75, 3.05) is 0 Å². The van der Waals surface area contributed by atoms with Crippen LogP contribution < -0.4 is 4.72 Å². The van der Waals surface area contributed by atoms with Gasteiger partial charge in [-0.2, -0.15) is 0 Å². The summed E-state index contributed by atoms with van der Waals surface area (Å²) >= 11 is 0. The van der Waals surface area contributed by atoms with E-state index in [1.165, 1.54) is 6.20 Å². The number of aromatic amines is 2. The van der Waals surface area contributed by atoms with E-state index < -0.39 is 10.0 Å². The zero-order valence-corrected chi connectivity index (χ0v) is 10.2. The topological polar surface area (TPSA) is 90.6 Å². The number of aromatic nitrogens is 3. The van der Waals surface area contributed by atoms with E-state index in [0.717, 1.165) is 5.56 Å². The first-order chi connectivity index (χ1) is 8.12. The minimum Gasteiger partial charge on any atom is -0.367 e. The number of hydrogen-bond donors (Lipinski definition) is 3. The second-order valence-electron chi connectivity index (χ2n) is 3.59. The first-order valence-corrected chi connectivity index (χ1v) is 6.75. The highest BCUT2D eigenvalue weighted by Crippen LogP contribution is 2.07. The molecule has 0 aliphatic carbocycles. The van der Waals surface area contributed by atoms with E-state index >= 15 is 0 Å². The number of nitrogens with one attached hydrogen (secondary N) is 3. The maximum absolute atomic E-state index is 11.9. The lowest BCUT2D eigenvalue weighted by Crippen LogP contribution is -2.23. The molecular weight excluding hydrogens is 240 g/mol. The third-order valence-corrected chi connectivity index (χ3v) is 3.67. The van der Waals surface area contributed by atoms with E-state index in [-0.39, 0.29) is 11.6 Å². The van der Waals surface area contributed by atoms with Crippen molar-refractivity contribution in [1.29, 1.82) is 0 Å². The zero-order valence-electron chi connectivity index (χ0n) is 9.40. The van der Waals surface area contributed by atoms with Gasteiger partial charge in [0.1, 0.15) is 5.82 Å². The molecule has 2 rings (SSSR count). The highest BCUT2D eigenvalue weighted by Gasteiger charge is 2.16. The number of nitrogens with zero attached hydrogens (tertiary/aromatic N) is 1. The van der Waals surface area contributed by atoms with Crippen LogP contribution in [0.15, 0.2) is 29.7 Å². The normalized spacial score (nSPS) is 11.8. The van der Waals surface area contributed by atoms with Crippen LogP contribution in [0.25, 0.3) is 0 Å². The van der Waals surface area contributed by atoms with Crippen molar-refractivity contribution in [2.24, 2.45) is 0 Å². The van der Waals surface area contributed by atoms with Crippen molar-refractivity contribution in [3.63, 3.8) is 0 Å². The number of hydrogen-bond acceptors (Lipinski definition) is 3. The molecule has 2 heterocycles. The van der Waals surface area contributed by atoms with Crippen LogP contribution >= 0.6 is 0 Å². The van der Waals surface area contributed by atoms with Crippen molar-refractivity contribution < 1.29 is 8.42 Å². The predicted octanol–water partition coefficient (Wildman–Crippen LogP) is 0.779. The predicted molar refractivity (Wildman–Crippen MR) is 62.8 cm³/mol. The fraction of sp³-hybridized carbons (Fsp3) is 0.300. The van der Waals surface area contributed by atoms with Crippen LogP contribution in [-0.2, 0) is 23.0 Å². The molecule has 0 atom stereocenters. The van der Waals surface area contributed by atoms with Crippen molar-refractivity contribution in [2.45, 2.75) is 24.9 Å². The fourth-order valence-corrected chi connectivity index (χ4v) is 2.34. The molecule has 0 spiro atoms. The summed E-state index contributed by atoms with van der Waals surface area (Å²) < 4.78 is 26.2. The summed E-state index contributed by atoms with van der Waals surface area (Å²) in [7, 11) is -3.51. The maximum Gasteiger partial charge on any atom is 0.257 e. The van der Waals surface area contributed by atoms with Gasteiger partial charge in [-0.1, -0.05) is 6.92 Å². The summed E-state index contributed by atoms with van der Waals surface area (Å²) in [5.74, 6) is 0.659. The molecule has 2 aromatic heterocycles. The van der Waals surface area contributed by atoms with Crippen LogP contribution in [0.5, 0.6) is 0 Å². The molecule has 0 unspecified atom stereocenters. The molecular formula is C10H14N4O2S. The Balaban J connectivity index is 2.08. The summed E-state index contributed by atoms with van der Waals surface area (Å²) in [6, 6.07) is 1.81. The Labute approximate surface area is 99.5 Å². The van der Waals surface area contributed by atoms with Crippen molar-refractivity contribution in [1.82, 2.24) is 19.7 Å². The lowest BCUT2D eigenvalue weighted by atomic mass is 10.4. The van der Waals surface area contributed by atoms with E-state index in [2.05, 4.69) is 19.7 Å². The molecule has 0 aromatic carbocycles. The van der Waals surface area contributed by atoms with E-state index in [4.69, 9.17) is 0 Å². The van der Waals surface area contributed by atoms with E-state index in [1.807, 2.05) is 13.0 Å². The van der Waals surface area contributed by atoms with E-state index in [0.29, 0.717) is 12.2 Å². The van der Waals surface area contributed by atoms with E-state index in [9.17, 15) is 8.42 Å². The second kappa shape index (κ2) is 4.72. The van der Waals surface area contributed by atoms with Gasteiger partial charge in [-0.25, -0.2) is 18.1 Å². The zero-order chi connectivity index (χ0) is 12.3. The van der Waals surface area contributed by atoms with Gasteiger partial charge in [0, 0.05) is 25.4 Å². The molecule has 0 aliphatic heterocycles. The Morgan fingerprint density at radius 3 is 2.88 bits per heavy atom. The van der Waals surface area contributed by atoms with Gasteiger partial charge in [0.25, 0.3) is 10.0 Å². The van der Waals surface area contributed by atoms with E-state index in [1.54, 1.807) is 12.4 Å². The third-order valence-electron chi connectivity index (χ3n) is 2.36. The molecule has 0 radical (unpaired) electrons. The van der Waals surface area contributed by atoms with Gasteiger partial charge in [0.05, 0.1) is 6.20 Å². The molecule has 2 aromatic rings. The number of imidazole rings is 1. The summed E-state index contributed by atoms with van der Waals surface area (Å²) in [6.07, 6.45) is 5.49. The Hall–Kier alpha value is -1.60. The molecule has 0 fully saturated rings. The lowest BCUT2D eigenvalue weighted by molar-refractivity contribution is 0.578. The minimum atomic E-state index is -3.51. The summed E-state index contributed by atoms with van der Waals surface area (Å²) in [4.78, 5) is 9.59. The monoisotopic (exact) mass is 254 g/mol. The van der Waals surface area contributed by atoms with Crippen LogP contribution in [0.4, 0.5) is 0 Å². The molecule has 0 saturated heterocycles. The summed E-state index contributed by atoms with van der Waals surface area (Å²) in [6.45, 7) is 2.16. The van der Waals surface area contributed by atoms with Gasteiger partial charge in [0.2, 0.25) is 0 Å². The van der Waals surface area contributed by atoms with Crippen LogP contribution in [0.1, 0.15) is 18.3 Å². The molecule has 92 valence electrons. The average molecular weight is 254 g/mol. The van der Waals surface area contributed by atoms with Gasteiger partial charge < -0.3 is 9.97 Å². The molecule has 0 amide bonds. The average Bonchev–Trinajstić information content (AvgIpc) is 2.98. The van der Waals surface area contributed by atoms with Gasteiger partial charge in [-0.3, -0.25) is 0 Å². The van der Waals surface area contributed by atoms with Gasteiger partial charge >= 0.3 is 0 Å². The Morgan fingerprint density at radius 1 is 1.47 bits per heavy atom. The second-order valence-corrected chi connectivity index (χ2v) is 5.33. The number of rotatable bonds is 5. The van der Waals surface area contributed by atoms with Crippen molar-refractivity contribution in [3.8, 4) is 0 Å². The van der Waals surface area contributed by atoms with Crippen molar-refractivity contribution in [3.05, 3.63) is 36.0 Å².